The molecule has 0 aliphatic carbocycles. The number of benzene rings is 1. The van der Waals surface area contributed by atoms with Crippen LogP contribution < -0.4 is 15.2 Å². The average Bonchev–Trinajstić information content (AvgIpc) is 2.63. The molecule has 0 saturated carbocycles. The van der Waals surface area contributed by atoms with Gasteiger partial charge in [-0.1, -0.05) is 37.0 Å². The summed E-state index contributed by atoms with van der Waals surface area (Å²) in [6.07, 6.45) is -0.712. The van der Waals surface area contributed by atoms with E-state index in [2.05, 4.69) is 5.10 Å². The second-order valence-electron chi connectivity index (χ2n) is 8.09. The molecule has 0 spiro atoms. The highest BCUT2D eigenvalue weighted by Gasteiger charge is 2.25. The maximum Gasteiger partial charge on any atom is 0.415 e. The van der Waals surface area contributed by atoms with E-state index in [1.165, 1.54) is 29.9 Å². The molecular formula is C21H24Cl2N4O4. The number of aryl methyl sites for hydroxylation is 1. The molecule has 1 aromatic heterocycles. The molecule has 1 aromatic carbocycles. The average molecular weight is 467 g/mol. The Bertz CT molecular complexity index is 1060. The zero-order valence-electron chi connectivity index (χ0n) is 18.2. The van der Waals surface area contributed by atoms with Gasteiger partial charge in [-0.05, 0) is 38.8 Å². The number of carbonyl (C=O) groups excluding carboxylic acids is 1. The minimum absolute atomic E-state index is 0.0364. The van der Waals surface area contributed by atoms with Gasteiger partial charge in [-0.15, -0.1) is 5.10 Å². The molecule has 0 aliphatic heterocycles. The fraction of sp³-hybridized carbons (Fsp3) is 0.429. The number of rotatable bonds is 5. The van der Waals surface area contributed by atoms with E-state index in [1.807, 2.05) is 19.9 Å². The Morgan fingerprint density at radius 3 is 2.32 bits per heavy atom. The van der Waals surface area contributed by atoms with Crippen LogP contribution in [-0.4, -0.2) is 28.0 Å². The van der Waals surface area contributed by atoms with E-state index in [4.69, 9.17) is 37.9 Å². The summed E-state index contributed by atoms with van der Waals surface area (Å²) in [5, 5.41) is 13.4. The minimum atomic E-state index is -0.746. The van der Waals surface area contributed by atoms with Gasteiger partial charge < -0.3 is 9.47 Å². The van der Waals surface area contributed by atoms with Crippen molar-refractivity contribution in [3.05, 3.63) is 44.2 Å². The minimum Gasteiger partial charge on any atom is -0.443 e. The van der Waals surface area contributed by atoms with Crippen molar-refractivity contribution in [2.24, 2.45) is 7.05 Å². The summed E-state index contributed by atoms with van der Waals surface area (Å²) in [7, 11) is 1.52. The lowest BCUT2D eigenvalue weighted by Gasteiger charge is -2.26. The van der Waals surface area contributed by atoms with Gasteiger partial charge in [0, 0.05) is 18.7 Å². The van der Waals surface area contributed by atoms with Gasteiger partial charge in [0.2, 0.25) is 5.88 Å². The summed E-state index contributed by atoms with van der Waals surface area (Å²) in [4.78, 5) is 25.8. The molecule has 0 aliphatic rings. The first kappa shape index (κ1) is 24.5. The molecular weight excluding hydrogens is 443 g/mol. The lowest BCUT2D eigenvalue weighted by molar-refractivity contribution is 0.0585. The molecule has 166 valence electrons. The Morgan fingerprint density at radius 1 is 1.26 bits per heavy atom. The van der Waals surface area contributed by atoms with Crippen LogP contribution in [0.5, 0.6) is 11.6 Å². The SMILES string of the molecule is CC(C)c1cc(Oc2c(Cl)cc(N(CC#N)C(=O)OC(C)(C)C)cc2Cl)nn(C)c1=O. The Balaban J connectivity index is 2.43. The standard InChI is InChI=1S/C21H24Cl2N4O4/c1-12(2)14-11-17(25-26(6)19(14)28)30-18-15(22)9-13(10-16(18)23)27(8-7-24)20(29)31-21(3,4)5/h9-12H,8H2,1-6H3. The number of nitriles is 1. The molecule has 31 heavy (non-hydrogen) atoms. The van der Waals surface area contributed by atoms with Gasteiger partial charge >= 0.3 is 6.09 Å². The summed E-state index contributed by atoms with van der Waals surface area (Å²) in [6.45, 7) is 8.67. The topological polar surface area (TPSA) is 97.4 Å². The number of aromatic nitrogens is 2. The van der Waals surface area contributed by atoms with Crippen molar-refractivity contribution in [3.63, 3.8) is 0 Å². The fourth-order valence-corrected chi connectivity index (χ4v) is 3.17. The molecule has 2 rings (SSSR count). The van der Waals surface area contributed by atoms with Gasteiger partial charge in [-0.3, -0.25) is 9.69 Å². The van der Waals surface area contributed by atoms with Crippen LogP contribution in [0, 0.1) is 11.3 Å². The zero-order chi connectivity index (χ0) is 23.5. The molecule has 1 amide bonds. The summed E-state index contributed by atoms with van der Waals surface area (Å²) < 4.78 is 12.3. The van der Waals surface area contributed by atoms with E-state index in [-0.39, 0.29) is 45.4 Å². The van der Waals surface area contributed by atoms with Crippen LogP contribution in [0.25, 0.3) is 0 Å². The number of carbonyl (C=O) groups is 1. The zero-order valence-corrected chi connectivity index (χ0v) is 19.7. The highest BCUT2D eigenvalue weighted by Crippen LogP contribution is 2.39. The lowest BCUT2D eigenvalue weighted by Crippen LogP contribution is -2.37. The first-order valence-corrected chi connectivity index (χ1v) is 10.2. The first-order valence-electron chi connectivity index (χ1n) is 9.46. The predicted octanol–water partition coefficient (Wildman–Crippen LogP) is 5.27. The molecule has 0 atom stereocenters. The Hall–Kier alpha value is -2.76. The molecule has 10 heteroatoms. The van der Waals surface area contributed by atoms with Gasteiger partial charge in [-0.25, -0.2) is 9.48 Å². The first-order chi connectivity index (χ1) is 14.3. The largest absolute Gasteiger partial charge is 0.443 e. The van der Waals surface area contributed by atoms with Crippen molar-refractivity contribution in [3.8, 4) is 17.7 Å². The van der Waals surface area contributed by atoms with Gasteiger partial charge in [0.25, 0.3) is 5.56 Å². The third kappa shape index (κ3) is 6.12. The van der Waals surface area contributed by atoms with Crippen molar-refractivity contribution in [1.29, 1.82) is 5.26 Å². The second kappa shape index (κ2) is 9.58. The van der Waals surface area contributed by atoms with Gasteiger partial charge in [0.15, 0.2) is 5.75 Å². The molecule has 2 aromatic rings. The van der Waals surface area contributed by atoms with Crippen LogP contribution >= 0.6 is 23.2 Å². The molecule has 8 nitrogen and oxygen atoms in total. The summed E-state index contributed by atoms with van der Waals surface area (Å²) >= 11 is 12.7. The Morgan fingerprint density at radius 2 is 1.84 bits per heavy atom. The molecule has 0 fully saturated rings. The van der Waals surface area contributed by atoms with Crippen LogP contribution in [-0.2, 0) is 11.8 Å². The Kier molecular flexibility index (Phi) is 7.58. The third-order valence-electron chi connectivity index (χ3n) is 4.03. The number of halogens is 2. The van der Waals surface area contributed by atoms with Gasteiger partial charge in [-0.2, -0.15) is 5.26 Å². The summed E-state index contributed by atoms with van der Waals surface area (Å²) in [6, 6.07) is 6.34. The van der Waals surface area contributed by atoms with E-state index in [1.54, 1.807) is 20.8 Å². The van der Waals surface area contributed by atoms with Crippen LogP contribution in [0.15, 0.2) is 23.0 Å². The van der Waals surface area contributed by atoms with E-state index in [0.717, 1.165) is 4.90 Å². The summed E-state index contributed by atoms with van der Waals surface area (Å²) in [5.74, 6) is 0.211. The van der Waals surface area contributed by atoms with Crippen LogP contribution in [0.1, 0.15) is 46.1 Å². The number of hydrogen-bond donors (Lipinski definition) is 0. The molecule has 1 heterocycles. The van der Waals surface area contributed by atoms with Gasteiger partial charge in [0.1, 0.15) is 12.1 Å². The quantitative estimate of drug-likeness (QED) is 0.556. The number of hydrogen-bond acceptors (Lipinski definition) is 6. The monoisotopic (exact) mass is 466 g/mol. The third-order valence-corrected chi connectivity index (χ3v) is 4.60. The normalized spacial score (nSPS) is 11.2. The van der Waals surface area contributed by atoms with E-state index in [9.17, 15) is 9.59 Å². The Labute approximate surface area is 190 Å². The number of ether oxygens (including phenoxy) is 2. The van der Waals surface area contributed by atoms with Crippen molar-refractivity contribution in [2.45, 2.75) is 46.1 Å². The fourth-order valence-electron chi connectivity index (χ4n) is 2.62. The molecule has 0 bridgehead atoms. The van der Waals surface area contributed by atoms with E-state index < -0.39 is 11.7 Å². The molecule has 0 unspecified atom stereocenters. The van der Waals surface area contributed by atoms with Crippen LogP contribution in [0.4, 0.5) is 10.5 Å². The number of anilines is 1. The highest BCUT2D eigenvalue weighted by atomic mass is 35.5. The second-order valence-corrected chi connectivity index (χ2v) is 8.90. The van der Waals surface area contributed by atoms with Gasteiger partial charge in [0.05, 0.1) is 21.8 Å². The van der Waals surface area contributed by atoms with E-state index in [0.29, 0.717) is 5.56 Å². The van der Waals surface area contributed by atoms with Crippen molar-refractivity contribution < 1.29 is 14.3 Å². The van der Waals surface area contributed by atoms with Crippen molar-refractivity contribution in [1.82, 2.24) is 9.78 Å². The van der Waals surface area contributed by atoms with Crippen molar-refractivity contribution >= 4 is 35.0 Å². The molecule has 0 saturated heterocycles. The van der Waals surface area contributed by atoms with Crippen molar-refractivity contribution in [2.75, 3.05) is 11.4 Å². The molecule has 0 N–H and O–H groups in total. The maximum absolute atomic E-state index is 12.5. The highest BCUT2D eigenvalue weighted by molar-refractivity contribution is 6.37. The van der Waals surface area contributed by atoms with E-state index >= 15 is 0 Å². The number of amides is 1. The van der Waals surface area contributed by atoms with Crippen LogP contribution in [0.2, 0.25) is 10.0 Å². The predicted molar refractivity (Wildman–Crippen MR) is 119 cm³/mol. The van der Waals surface area contributed by atoms with Crippen LogP contribution in [0.3, 0.4) is 0 Å². The lowest BCUT2D eigenvalue weighted by atomic mass is 10.1. The smallest absolute Gasteiger partial charge is 0.415 e. The summed E-state index contributed by atoms with van der Waals surface area (Å²) in [5.41, 5.74) is -0.167. The maximum atomic E-state index is 12.5. The number of nitrogens with zero attached hydrogens (tertiary/aromatic N) is 4. The molecule has 0 radical (unpaired) electrons.